The number of ketones is 1. The molecule has 0 fully saturated rings. The zero-order valence-electron chi connectivity index (χ0n) is 10.8. The summed E-state index contributed by atoms with van der Waals surface area (Å²) < 4.78 is 0. The Morgan fingerprint density at radius 3 is 2.89 bits per heavy atom. The molecule has 0 atom stereocenters. The van der Waals surface area contributed by atoms with Crippen LogP contribution in [0.2, 0.25) is 0 Å². The molecule has 0 saturated carbocycles. The molecule has 96 valence electrons. The van der Waals surface area contributed by atoms with Gasteiger partial charge in [0.05, 0.1) is 6.42 Å². The summed E-state index contributed by atoms with van der Waals surface area (Å²) >= 11 is 0. The number of rotatable bonds is 4. The SMILES string of the molecule is CC(=O)CC(=O)NCc1ccc2c(c1)CCN2C. The minimum Gasteiger partial charge on any atom is -0.374 e. The fraction of sp³-hybridized carbons (Fsp3) is 0.429. The summed E-state index contributed by atoms with van der Waals surface area (Å²) in [5.41, 5.74) is 3.69. The molecule has 2 rings (SSSR count). The molecule has 1 amide bonds. The first-order valence-corrected chi connectivity index (χ1v) is 6.15. The van der Waals surface area contributed by atoms with Crippen LogP contribution in [0, 0.1) is 0 Å². The van der Waals surface area contributed by atoms with E-state index in [0.29, 0.717) is 6.54 Å². The predicted molar refractivity (Wildman–Crippen MR) is 70.6 cm³/mol. The average Bonchev–Trinajstić information content (AvgIpc) is 2.67. The normalized spacial score (nSPS) is 13.3. The van der Waals surface area contributed by atoms with Gasteiger partial charge in [-0.15, -0.1) is 0 Å². The molecular formula is C14H18N2O2. The number of hydrogen-bond donors (Lipinski definition) is 1. The fourth-order valence-corrected chi connectivity index (χ4v) is 2.22. The summed E-state index contributed by atoms with van der Waals surface area (Å²) in [6, 6.07) is 6.25. The van der Waals surface area contributed by atoms with E-state index in [1.54, 1.807) is 0 Å². The largest absolute Gasteiger partial charge is 0.374 e. The molecule has 4 heteroatoms. The number of likely N-dealkylation sites (N-methyl/N-ethyl adjacent to an activating group) is 1. The molecule has 1 aliphatic rings. The highest BCUT2D eigenvalue weighted by Gasteiger charge is 2.15. The number of fused-ring (bicyclic) bond motifs is 1. The van der Waals surface area contributed by atoms with Crippen LogP contribution in [0.25, 0.3) is 0 Å². The molecular weight excluding hydrogens is 228 g/mol. The van der Waals surface area contributed by atoms with Crippen molar-refractivity contribution in [3.05, 3.63) is 29.3 Å². The van der Waals surface area contributed by atoms with Gasteiger partial charge in [-0.1, -0.05) is 12.1 Å². The van der Waals surface area contributed by atoms with Crippen LogP contribution < -0.4 is 10.2 Å². The van der Waals surface area contributed by atoms with Crippen LogP contribution in [0.1, 0.15) is 24.5 Å². The van der Waals surface area contributed by atoms with E-state index in [-0.39, 0.29) is 18.1 Å². The Balaban J connectivity index is 1.95. The van der Waals surface area contributed by atoms with Gasteiger partial charge in [-0.3, -0.25) is 9.59 Å². The molecule has 1 N–H and O–H groups in total. The fourth-order valence-electron chi connectivity index (χ4n) is 2.22. The lowest BCUT2D eigenvalue weighted by Crippen LogP contribution is -2.24. The van der Waals surface area contributed by atoms with E-state index < -0.39 is 0 Å². The molecule has 1 aromatic rings. The third-order valence-corrected chi connectivity index (χ3v) is 3.17. The molecule has 1 aliphatic heterocycles. The quantitative estimate of drug-likeness (QED) is 0.814. The number of carbonyl (C=O) groups is 2. The van der Waals surface area contributed by atoms with Gasteiger partial charge in [0.2, 0.25) is 5.91 Å². The van der Waals surface area contributed by atoms with Gasteiger partial charge in [0.1, 0.15) is 5.78 Å². The Hall–Kier alpha value is -1.84. The van der Waals surface area contributed by atoms with Crippen LogP contribution in [0.4, 0.5) is 5.69 Å². The number of hydrogen-bond acceptors (Lipinski definition) is 3. The van der Waals surface area contributed by atoms with Crippen LogP contribution in [0.5, 0.6) is 0 Å². The lowest BCUT2D eigenvalue weighted by Gasteiger charge is -2.12. The number of anilines is 1. The third-order valence-electron chi connectivity index (χ3n) is 3.17. The Kier molecular flexibility index (Phi) is 3.65. The van der Waals surface area contributed by atoms with Crippen molar-refractivity contribution in [3.63, 3.8) is 0 Å². The van der Waals surface area contributed by atoms with Crippen molar-refractivity contribution < 1.29 is 9.59 Å². The summed E-state index contributed by atoms with van der Waals surface area (Å²) in [6.07, 6.45) is 1.02. The molecule has 0 bridgehead atoms. The number of nitrogens with zero attached hydrogens (tertiary/aromatic N) is 1. The molecule has 0 aliphatic carbocycles. The van der Waals surface area contributed by atoms with E-state index >= 15 is 0 Å². The number of carbonyl (C=O) groups excluding carboxylic acids is 2. The number of amides is 1. The predicted octanol–water partition coefficient (Wildman–Crippen LogP) is 1.27. The van der Waals surface area contributed by atoms with E-state index in [2.05, 4.69) is 29.4 Å². The van der Waals surface area contributed by atoms with Crippen LogP contribution in [0.3, 0.4) is 0 Å². The van der Waals surface area contributed by atoms with Gasteiger partial charge in [-0.2, -0.15) is 0 Å². The topological polar surface area (TPSA) is 49.4 Å². The van der Waals surface area contributed by atoms with Crippen molar-refractivity contribution >= 4 is 17.4 Å². The third kappa shape index (κ3) is 2.88. The first-order chi connectivity index (χ1) is 8.56. The average molecular weight is 246 g/mol. The molecule has 1 heterocycles. The lowest BCUT2D eigenvalue weighted by atomic mass is 10.1. The maximum Gasteiger partial charge on any atom is 0.227 e. The van der Waals surface area contributed by atoms with Crippen LogP contribution in [-0.4, -0.2) is 25.3 Å². The smallest absolute Gasteiger partial charge is 0.227 e. The second kappa shape index (κ2) is 5.21. The number of benzene rings is 1. The van der Waals surface area contributed by atoms with Crippen LogP contribution >= 0.6 is 0 Å². The van der Waals surface area contributed by atoms with Crippen LogP contribution in [0.15, 0.2) is 18.2 Å². The van der Waals surface area contributed by atoms with Crippen molar-refractivity contribution in [1.82, 2.24) is 5.32 Å². The first-order valence-electron chi connectivity index (χ1n) is 6.15. The molecule has 0 saturated heterocycles. The van der Waals surface area contributed by atoms with Crippen LogP contribution in [-0.2, 0) is 22.6 Å². The van der Waals surface area contributed by atoms with Gasteiger partial charge in [0.15, 0.2) is 0 Å². The monoisotopic (exact) mass is 246 g/mol. The maximum absolute atomic E-state index is 11.4. The summed E-state index contributed by atoms with van der Waals surface area (Å²) in [5.74, 6) is -0.316. The second-order valence-corrected chi connectivity index (χ2v) is 4.79. The molecule has 0 radical (unpaired) electrons. The Bertz CT molecular complexity index is 483. The molecule has 0 spiro atoms. The van der Waals surface area contributed by atoms with E-state index in [1.807, 2.05) is 6.07 Å². The highest BCUT2D eigenvalue weighted by molar-refractivity contribution is 5.96. The van der Waals surface area contributed by atoms with Crippen molar-refractivity contribution in [2.24, 2.45) is 0 Å². The molecule has 0 aromatic heterocycles. The van der Waals surface area contributed by atoms with Gasteiger partial charge in [0.25, 0.3) is 0 Å². The Morgan fingerprint density at radius 2 is 2.17 bits per heavy atom. The summed E-state index contributed by atoms with van der Waals surface area (Å²) in [5, 5.41) is 2.76. The first kappa shape index (κ1) is 12.6. The highest BCUT2D eigenvalue weighted by Crippen LogP contribution is 2.27. The summed E-state index contributed by atoms with van der Waals surface area (Å²) in [6.45, 7) is 2.96. The van der Waals surface area contributed by atoms with Gasteiger partial charge in [0, 0.05) is 25.8 Å². The van der Waals surface area contributed by atoms with Crippen molar-refractivity contribution in [2.45, 2.75) is 26.3 Å². The highest BCUT2D eigenvalue weighted by atomic mass is 16.2. The molecule has 0 unspecified atom stereocenters. The molecule has 4 nitrogen and oxygen atoms in total. The molecule has 18 heavy (non-hydrogen) atoms. The zero-order valence-corrected chi connectivity index (χ0v) is 10.8. The Labute approximate surface area is 107 Å². The van der Waals surface area contributed by atoms with Gasteiger partial charge >= 0.3 is 0 Å². The van der Waals surface area contributed by atoms with E-state index in [4.69, 9.17) is 0 Å². The van der Waals surface area contributed by atoms with Gasteiger partial charge < -0.3 is 10.2 Å². The minimum atomic E-state index is -0.208. The maximum atomic E-state index is 11.4. The van der Waals surface area contributed by atoms with Gasteiger partial charge in [-0.25, -0.2) is 0 Å². The second-order valence-electron chi connectivity index (χ2n) is 4.79. The van der Waals surface area contributed by atoms with E-state index in [0.717, 1.165) is 18.5 Å². The van der Waals surface area contributed by atoms with Crippen molar-refractivity contribution in [1.29, 1.82) is 0 Å². The number of Topliss-reactive ketones (excluding diaryl/α,β-unsaturated/α-hetero) is 1. The standard InChI is InChI=1S/C14H18N2O2/c1-10(17)7-14(18)15-9-11-3-4-13-12(8-11)5-6-16(13)2/h3-4,8H,5-7,9H2,1-2H3,(H,15,18). The summed E-state index contributed by atoms with van der Waals surface area (Å²) in [7, 11) is 2.08. The number of nitrogens with one attached hydrogen (secondary N) is 1. The van der Waals surface area contributed by atoms with Gasteiger partial charge in [-0.05, 0) is 30.5 Å². The minimum absolute atomic E-state index is 0.0340. The van der Waals surface area contributed by atoms with E-state index in [9.17, 15) is 9.59 Å². The van der Waals surface area contributed by atoms with Crippen molar-refractivity contribution in [2.75, 3.05) is 18.5 Å². The molecule has 1 aromatic carbocycles. The lowest BCUT2D eigenvalue weighted by molar-refractivity contribution is -0.127. The van der Waals surface area contributed by atoms with Crippen molar-refractivity contribution in [3.8, 4) is 0 Å². The van der Waals surface area contributed by atoms with E-state index in [1.165, 1.54) is 18.2 Å². The zero-order chi connectivity index (χ0) is 13.1. The summed E-state index contributed by atoms with van der Waals surface area (Å²) in [4.78, 5) is 24.4. The Morgan fingerprint density at radius 1 is 1.39 bits per heavy atom.